The number of benzene rings is 2. The van der Waals surface area contributed by atoms with E-state index in [1.807, 2.05) is 25.1 Å². The van der Waals surface area contributed by atoms with Gasteiger partial charge < -0.3 is 21.3 Å². The Hall–Kier alpha value is -3.35. The molecule has 1 aliphatic carbocycles. The van der Waals surface area contributed by atoms with Crippen molar-refractivity contribution < 1.29 is 14.4 Å². The molecule has 0 radical (unpaired) electrons. The van der Waals surface area contributed by atoms with Crippen LogP contribution in [0.2, 0.25) is 0 Å². The molecule has 2 aromatic rings. The number of hydrogen-bond donors (Lipinski definition) is 4. The number of anilines is 4. The van der Waals surface area contributed by atoms with Crippen LogP contribution in [0.15, 0.2) is 42.5 Å². The van der Waals surface area contributed by atoms with Gasteiger partial charge in [-0.1, -0.05) is 12.1 Å². The van der Waals surface area contributed by atoms with Crippen molar-refractivity contribution in [3.8, 4) is 0 Å². The molecule has 0 spiro atoms. The fourth-order valence-electron chi connectivity index (χ4n) is 2.80. The van der Waals surface area contributed by atoms with Gasteiger partial charge in [-0.15, -0.1) is 0 Å². The summed E-state index contributed by atoms with van der Waals surface area (Å²) >= 11 is 0. The smallest absolute Gasteiger partial charge is 0.243 e. The quantitative estimate of drug-likeness (QED) is 0.592. The lowest BCUT2D eigenvalue weighted by Gasteiger charge is -2.14. The number of amides is 3. The maximum Gasteiger partial charge on any atom is 0.243 e. The molecule has 28 heavy (non-hydrogen) atoms. The van der Waals surface area contributed by atoms with E-state index in [2.05, 4.69) is 21.3 Å². The van der Waals surface area contributed by atoms with Crippen molar-refractivity contribution in [1.29, 1.82) is 0 Å². The molecular formula is C21H24N4O3. The third kappa shape index (κ3) is 5.33. The summed E-state index contributed by atoms with van der Waals surface area (Å²) in [6, 6.07) is 12.5. The molecule has 7 nitrogen and oxygen atoms in total. The Morgan fingerprint density at radius 3 is 2.25 bits per heavy atom. The summed E-state index contributed by atoms with van der Waals surface area (Å²) in [6.07, 6.45) is 1.90. The highest BCUT2D eigenvalue weighted by molar-refractivity contribution is 5.97. The Labute approximate surface area is 163 Å². The van der Waals surface area contributed by atoms with Crippen molar-refractivity contribution in [2.75, 3.05) is 27.8 Å². The summed E-state index contributed by atoms with van der Waals surface area (Å²) in [6.45, 7) is 3.41. The molecule has 3 rings (SSSR count). The Morgan fingerprint density at radius 2 is 1.57 bits per heavy atom. The Kier molecular flexibility index (Phi) is 5.93. The molecule has 0 saturated heterocycles. The predicted octanol–water partition coefficient (Wildman–Crippen LogP) is 3.35. The maximum absolute atomic E-state index is 12.3. The van der Waals surface area contributed by atoms with Gasteiger partial charge in [-0.2, -0.15) is 0 Å². The van der Waals surface area contributed by atoms with E-state index in [4.69, 9.17) is 0 Å². The van der Waals surface area contributed by atoms with E-state index in [1.54, 1.807) is 24.3 Å². The molecule has 0 aliphatic heterocycles. The van der Waals surface area contributed by atoms with Crippen LogP contribution in [0, 0.1) is 12.8 Å². The molecule has 0 unspecified atom stereocenters. The molecule has 7 heteroatoms. The van der Waals surface area contributed by atoms with Crippen molar-refractivity contribution >= 4 is 40.5 Å². The molecule has 0 aromatic heterocycles. The third-order valence-corrected chi connectivity index (χ3v) is 4.45. The maximum atomic E-state index is 12.3. The number of nitrogens with one attached hydrogen (secondary N) is 4. The zero-order valence-corrected chi connectivity index (χ0v) is 16.0. The highest BCUT2D eigenvalue weighted by Crippen LogP contribution is 2.31. The van der Waals surface area contributed by atoms with Crippen LogP contribution in [0.1, 0.15) is 25.3 Å². The number of carbonyl (C=O) groups excluding carboxylic acids is 3. The van der Waals surface area contributed by atoms with Crippen LogP contribution in [0.4, 0.5) is 22.7 Å². The Morgan fingerprint density at radius 1 is 0.929 bits per heavy atom. The molecule has 1 fully saturated rings. The standard InChI is InChI=1S/C21H24N4O3/c1-13-18(7-4-8-19(13)25-21(28)15-9-10-15)22-12-20(27)24-17-6-3-5-16(11-17)23-14(2)26/h3-8,11,15,22H,9-10,12H2,1-2H3,(H,23,26)(H,24,27)(H,25,28). The van der Waals surface area contributed by atoms with E-state index in [0.29, 0.717) is 11.4 Å². The average Bonchev–Trinajstić information content (AvgIpc) is 3.47. The topological polar surface area (TPSA) is 99.3 Å². The number of carbonyl (C=O) groups is 3. The Bertz CT molecular complexity index is 906. The van der Waals surface area contributed by atoms with Crippen molar-refractivity contribution in [2.45, 2.75) is 26.7 Å². The summed E-state index contributed by atoms with van der Waals surface area (Å²) < 4.78 is 0. The molecule has 0 atom stereocenters. The van der Waals surface area contributed by atoms with Crippen molar-refractivity contribution in [2.24, 2.45) is 5.92 Å². The van der Waals surface area contributed by atoms with Crippen molar-refractivity contribution in [3.05, 3.63) is 48.0 Å². The van der Waals surface area contributed by atoms with Gasteiger partial charge in [0.1, 0.15) is 0 Å². The summed E-state index contributed by atoms with van der Waals surface area (Å²) in [5.74, 6) is -0.201. The van der Waals surface area contributed by atoms with Gasteiger partial charge >= 0.3 is 0 Å². The van der Waals surface area contributed by atoms with Crippen LogP contribution in [0.25, 0.3) is 0 Å². The van der Waals surface area contributed by atoms with Gasteiger partial charge in [0.2, 0.25) is 17.7 Å². The lowest BCUT2D eigenvalue weighted by atomic mass is 10.1. The first-order valence-electron chi connectivity index (χ1n) is 9.24. The monoisotopic (exact) mass is 380 g/mol. The minimum atomic E-state index is -0.216. The molecular weight excluding hydrogens is 356 g/mol. The highest BCUT2D eigenvalue weighted by Gasteiger charge is 2.29. The summed E-state index contributed by atoms with van der Waals surface area (Å²) in [5.41, 5.74) is 3.64. The normalized spacial score (nSPS) is 12.8. The van der Waals surface area contributed by atoms with Crippen LogP contribution < -0.4 is 21.3 Å². The molecule has 1 saturated carbocycles. The lowest BCUT2D eigenvalue weighted by Crippen LogP contribution is -2.22. The van der Waals surface area contributed by atoms with Crippen LogP contribution in [-0.4, -0.2) is 24.3 Å². The zero-order valence-electron chi connectivity index (χ0n) is 16.0. The van der Waals surface area contributed by atoms with Gasteiger partial charge in [0.25, 0.3) is 0 Å². The van der Waals surface area contributed by atoms with E-state index in [0.717, 1.165) is 29.8 Å². The molecule has 4 N–H and O–H groups in total. The second-order valence-corrected chi connectivity index (χ2v) is 6.91. The van der Waals surface area contributed by atoms with Gasteiger partial charge in [-0.3, -0.25) is 14.4 Å². The van der Waals surface area contributed by atoms with E-state index in [-0.39, 0.29) is 30.2 Å². The van der Waals surface area contributed by atoms with Gasteiger partial charge in [-0.25, -0.2) is 0 Å². The van der Waals surface area contributed by atoms with Crippen LogP contribution in [0.5, 0.6) is 0 Å². The number of hydrogen-bond acceptors (Lipinski definition) is 4. The molecule has 146 valence electrons. The number of rotatable bonds is 7. The first-order valence-corrected chi connectivity index (χ1v) is 9.24. The molecule has 3 amide bonds. The first-order chi connectivity index (χ1) is 13.4. The van der Waals surface area contributed by atoms with Crippen LogP contribution in [0.3, 0.4) is 0 Å². The highest BCUT2D eigenvalue weighted by atomic mass is 16.2. The van der Waals surface area contributed by atoms with Gasteiger partial charge in [0.15, 0.2) is 0 Å². The molecule has 1 aliphatic rings. The minimum Gasteiger partial charge on any atom is -0.376 e. The minimum absolute atomic E-state index is 0.0528. The largest absolute Gasteiger partial charge is 0.376 e. The summed E-state index contributed by atoms with van der Waals surface area (Å²) in [7, 11) is 0. The Balaban J connectivity index is 1.57. The van der Waals surface area contributed by atoms with Crippen molar-refractivity contribution in [1.82, 2.24) is 0 Å². The van der Waals surface area contributed by atoms with Crippen LogP contribution >= 0.6 is 0 Å². The van der Waals surface area contributed by atoms with Gasteiger partial charge in [-0.05, 0) is 55.7 Å². The van der Waals surface area contributed by atoms with Crippen molar-refractivity contribution in [3.63, 3.8) is 0 Å². The predicted molar refractivity (Wildman–Crippen MR) is 110 cm³/mol. The second-order valence-electron chi connectivity index (χ2n) is 6.91. The molecule has 2 aromatic carbocycles. The first kappa shape index (κ1) is 19.4. The third-order valence-electron chi connectivity index (χ3n) is 4.45. The van der Waals surface area contributed by atoms with Gasteiger partial charge in [0.05, 0.1) is 6.54 Å². The average molecular weight is 380 g/mol. The second kappa shape index (κ2) is 8.56. The zero-order chi connectivity index (χ0) is 20.1. The van der Waals surface area contributed by atoms with Crippen LogP contribution in [-0.2, 0) is 14.4 Å². The fourth-order valence-corrected chi connectivity index (χ4v) is 2.80. The lowest BCUT2D eigenvalue weighted by molar-refractivity contribution is -0.117. The van der Waals surface area contributed by atoms with E-state index in [1.165, 1.54) is 6.92 Å². The SMILES string of the molecule is CC(=O)Nc1cccc(NC(=O)CNc2cccc(NC(=O)C3CC3)c2C)c1. The van der Waals surface area contributed by atoms with E-state index in [9.17, 15) is 14.4 Å². The van der Waals surface area contributed by atoms with E-state index >= 15 is 0 Å². The van der Waals surface area contributed by atoms with Gasteiger partial charge in [0, 0.05) is 35.6 Å². The summed E-state index contributed by atoms with van der Waals surface area (Å²) in [4.78, 5) is 35.4. The van der Waals surface area contributed by atoms with E-state index < -0.39 is 0 Å². The molecule has 0 bridgehead atoms. The molecule has 0 heterocycles. The summed E-state index contributed by atoms with van der Waals surface area (Å²) in [5, 5.41) is 11.5. The fraction of sp³-hybridized carbons (Fsp3) is 0.286.